The average Bonchev–Trinajstić information content (AvgIpc) is 2.53. The molecule has 1 aromatic rings. The summed E-state index contributed by atoms with van der Waals surface area (Å²) in [6, 6.07) is 6.52. The summed E-state index contributed by atoms with van der Waals surface area (Å²) in [5.41, 5.74) is 0.424. The highest BCUT2D eigenvalue weighted by Gasteiger charge is 2.33. The topological polar surface area (TPSA) is 57.6 Å². The molecule has 0 radical (unpaired) electrons. The van der Waals surface area contributed by atoms with Gasteiger partial charge in [0.15, 0.2) is 0 Å². The summed E-state index contributed by atoms with van der Waals surface area (Å²) in [6.45, 7) is 1.55. The quantitative estimate of drug-likeness (QED) is 0.909. The van der Waals surface area contributed by atoms with Gasteiger partial charge in [0, 0.05) is 13.1 Å². The first-order valence-corrected chi connectivity index (χ1v) is 7.78. The van der Waals surface area contributed by atoms with E-state index < -0.39 is 5.97 Å². The maximum atomic E-state index is 12.7. The molecule has 112 valence electrons. The second kappa shape index (κ2) is 5.88. The van der Waals surface area contributed by atoms with E-state index in [1.807, 2.05) is 4.90 Å². The molecule has 1 aromatic carbocycles. The number of carboxylic acid groups (broad SMARTS) is 1. The number of fused-ring (bicyclic) bond motifs is 1. The lowest BCUT2D eigenvalue weighted by Gasteiger charge is -2.41. The molecule has 1 amide bonds. The fourth-order valence-electron chi connectivity index (χ4n) is 3.81. The number of nitrogens with zero attached hydrogens (tertiary/aromatic N) is 1. The fraction of sp³-hybridized carbons (Fsp3) is 0.529. The molecule has 1 aliphatic heterocycles. The lowest BCUT2D eigenvalue weighted by molar-refractivity contribution is 0.0512. The molecule has 2 aliphatic rings. The van der Waals surface area contributed by atoms with E-state index in [9.17, 15) is 14.7 Å². The summed E-state index contributed by atoms with van der Waals surface area (Å²) in [6.07, 6.45) is 6.13. The zero-order valence-electron chi connectivity index (χ0n) is 12.1. The number of aromatic carboxylic acids is 1. The molecule has 3 rings (SSSR count). The molecule has 1 saturated carbocycles. The Morgan fingerprint density at radius 1 is 1.00 bits per heavy atom. The van der Waals surface area contributed by atoms with Crippen LogP contribution in [0.2, 0.25) is 0 Å². The number of hydrogen-bond acceptors (Lipinski definition) is 2. The van der Waals surface area contributed by atoms with E-state index in [-0.39, 0.29) is 11.5 Å². The van der Waals surface area contributed by atoms with E-state index in [2.05, 4.69) is 0 Å². The first-order chi connectivity index (χ1) is 10.2. The van der Waals surface area contributed by atoms with Crippen molar-refractivity contribution in [2.75, 3.05) is 13.1 Å². The Morgan fingerprint density at radius 2 is 1.67 bits per heavy atom. The Balaban J connectivity index is 1.78. The molecule has 2 atom stereocenters. The summed E-state index contributed by atoms with van der Waals surface area (Å²) in [7, 11) is 0. The Bertz CT molecular complexity index is 555. The van der Waals surface area contributed by atoms with Crippen molar-refractivity contribution in [3.05, 3.63) is 35.4 Å². The Hall–Kier alpha value is -1.84. The summed E-state index contributed by atoms with van der Waals surface area (Å²) in [4.78, 5) is 25.8. The van der Waals surface area contributed by atoms with Crippen LogP contribution in [0, 0.1) is 11.8 Å². The molecule has 2 fully saturated rings. The van der Waals surface area contributed by atoms with Crippen molar-refractivity contribution in [1.29, 1.82) is 0 Å². The standard InChI is InChI=1S/C17H21NO3/c19-16(14-7-3-4-8-15(14)17(20)21)18-10-9-12-5-1-2-6-13(12)11-18/h3-4,7-8,12-13H,1-2,5-6,9-11H2,(H,20,21)/t12-,13-/m0/s1. The van der Waals surface area contributed by atoms with Gasteiger partial charge in [-0.2, -0.15) is 0 Å². The van der Waals surface area contributed by atoms with Crippen molar-refractivity contribution in [3.63, 3.8) is 0 Å². The van der Waals surface area contributed by atoms with Gasteiger partial charge in [0.2, 0.25) is 0 Å². The first kappa shape index (κ1) is 14.1. The third-order valence-electron chi connectivity index (χ3n) is 4.97. The van der Waals surface area contributed by atoms with Crippen LogP contribution in [0.5, 0.6) is 0 Å². The minimum atomic E-state index is -1.04. The molecule has 21 heavy (non-hydrogen) atoms. The normalized spacial score (nSPS) is 25.2. The van der Waals surface area contributed by atoms with Crippen LogP contribution >= 0.6 is 0 Å². The maximum absolute atomic E-state index is 12.7. The van der Waals surface area contributed by atoms with Crippen LogP contribution in [0.3, 0.4) is 0 Å². The molecule has 1 aliphatic carbocycles. The lowest BCUT2D eigenvalue weighted by Crippen LogP contribution is -2.45. The number of likely N-dealkylation sites (tertiary alicyclic amines) is 1. The molecule has 4 heteroatoms. The van der Waals surface area contributed by atoms with Gasteiger partial charge in [-0.15, -0.1) is 0 Å². The molecule has 1 N–H and O–H groups in total. The van der Waals surface area contributed by atoms with Gasteiger partial charge >= 0.3 is 5.97 Å². The number of benzene rings is 1. The number of carbonyl (C=O) groups excluding carboxylic acids is 1. The number of carboxylic acids is 1. The van der Waals surface area contributed by atoms with Gasteiger partial charge in [-0.3, -0.25) is 4.79 Å². The van der Waals surface area contributed by atoms with Crippen LogP contribution in [0.25, 0.3) is 0 Å². The molecule has 4 nitrogen and oxygen atoms in total. The number of piperidine rings is 1. The first-order valence-electron chi connectivity index (χ1n) is 7.78. The van der Waals surface area contributed by atoms with E-state index >= 15 is 0 Å². The monoisotopic (exact) mass is 287 g/mol. The van der Waals surface area contributed by atoms with Gasteiger partial charge in [0.25, 0.3) is 5.91 Å². The summed E-state index contributed by atoms with van der Waals surface area (Å²) < 4.78 is 0. The molecular formula is C17H21NO3. The van der Waals surface area contributed by atoms with E-state index in [1.54, 1.807) is 18.2 Å². The molecular weight excluding hydrogens is 266 g/mol. The predicted octanol–water partition coefficient (Wildman–Crippen LogP) is 3.04. The van der Waals surface area contributed by atoms with Crippen LogP contribution in [0.4, 0.5) is 0 Å². The molecule has 1 heterocycles. The van der Waals surface area contributed by atoms with Gasteiger partial charge in [-0.1, -0.05) is 31.4 Å². The van der Waals surface area contributed by atoms with Crippen molar-refractivity contribution in [2.24, 2.45) is 11.8 Å². The highest BCUT2D eigenvalue weighted by molar-refractivity contribution is 6.04. The highest BCUT2D eigenvalue weighted by Crippen LogP contribution is 2.36. The van der Waals surface area contributed by atoms with Crippen LogP contribution in [-0.4, -0.2) is 35.0 Å². The molecule has 0 aromatic heterocycles. The van der Waals surface area contributed by atoms with Crippen molar-refractivity contribution in [3.8, 4) is 0 Å². The molecule has 1 saturated heterocycles. The van der Waals surface area contributed by atoms with Gasteiger partial charge in [-0.05, 0) is 36.8 Å². The Morgan fingerprint density at radius 3 is 2.38 bits per heavy atom. The highest BCUT2D eigenvalue weighted by atomic mass is 16.4. The van der Waals surface area contributed by atoms with Gasteiger partial charge in [0.1, 0.15) is 0 Å². The summed E-state index contributed by atoms with van der Waals surface area (Å²) in [5.74, 6) is 0.203. The largest absolute Gasteiger partial charge is 0.478 e. The Kier molecular flexibility index (Phi) is 3.95. The number of amides is 1. The molecule has 0 bridgehead atoms. The van der Waals surface area contributed by atoms with E-state index in [0.29, 0.717) is 11.5 Å². The van der Waals surface area contributed by atoms with Crippen LogP contribution in [-0.2, 0) is 0 Å². The smallest absolute Gasteiger partial charge is 0.336 e. The average molecular weight is 287 g/mol. The van der Waals surface area contributed by atoms with E-state index in [4.69, 9.17) is 0 Å². The summed E-state index contributed by atoms with van der Waals surface area (Å²) in [5, 5.41) is 9.23. The second-order valence-corrected chi connectivity index (χ2v) is 6.20. The minimum Gasteiger partial charge on any atom is -0.478 e. The molecule has 0 spiro atoms. The van der Waals surface area contributed by atoms with Gasteiger partial charge in [0.05, 0.1) is 11.1 Å². The third-order valence-corrected chi connectivity index (χ3v) is 4.97. The zero-order chi connectivity index (χ0) is 14.8. The predicted molar refractivity (Wildman–Crippen MR) is 79.4 cm³/mol. The number of hydrogen-bond donors (Lipinski definition) is 1. The Labute approximate surface area is 124 Å². The van der Waals surface area contributed by atoms with Crippen LogP contribution < -0.4 is 0 Å². The molecule has 0 unspecified atom stereocenters. The van der Waals surface area contributed by atoms with Crippen LogP contribution in [0.15, 0.2) is 24.3 Å². The third kappa shape index (κ3) is 2.80. The van der Waals surface area contributed by atoms with Gasteiger partial charge < -0.3 is 10.0 Å². The number of carbonyl (C=O) groups is 2. The lowest BCUT2D eigenvalue weighted by atomic mass is 9.75. The summed E-state index contributed by atoms with van der Waals surface area (Å²) >= 11 is 0. The SMILES string of the molecule is O=C(O)c1ccccc1C(=O)N1CC[C@@H]2CCCC[C@H]2C1. The second-order valence-electron chi connectivity index (χ2n) is 6.20. The fourth-order valence-corrected chi connectivity index (χ4v) is 3.81. The number of rotatable bonds is 2. The van der Waals surface area contributed by atoms with Crippen molar-refractivity contribution in [1.82, 2.24) is 4.90 Å². The minimum absolute atomic E-state index is 0.105. The van der Waals surface area contributed by atoms with Crippen molar-refractivity contribution in [2.45, 2.75) is 32.1 Å². The van der Waals surface area contributed by atoms with Gasteiger partial charge in [-0.25, -0.2) is 4.79 Å². The zero-order valence-corrected chi connectivity index (χ0v) is 12.1. The van der Waals surface area contributed by atoms with Crippen LogP contribution in [0.1, 0.15) is 52.8 Å². The van der Waals surface area contributed by atoms with E-state index in [1.165, 1.54) is 31.7 Å². The van der Waals surface area contributed by atoms with Crippen molar-refractivity contribution >= 4 is 11.9 Å². The van der Waals surface area contributed by atoms with E-state index in [0.717, 1.165) is 25.4 Å². The van der Waals surface area contributed by atoms with Crippen molar-refractivity contribution < 1.29 is 14.7 Å². The maximum Gasteiger partial charge on any atom is 0.336 e.